The lowest BCUT2D eigenvalue weighted by Crippen LogP contribution is -2.33. The van der Waals surface area contributed by atoms with Gasteiger partial charge in [-0.25, -0.2) is 0 Å². The van der Waals surface area contributed by atoms with Gasteiger partial charge in [-0.15, -0.1) is 0 Å². The van der Waals surface area contributed by atoms with Gasteiger partial charge in [0.15, 0.2) is 5.78 Å². The van der Waals surface area contributed by atoms with Gasteiger partial charge in [0.05, 0.1) is 6.04 Å². The Bertz CT molecular complexity index is 317. The summed E-state index contributed by atoms with van der Waals surface area (Å²) in [5.41, 5.74) is 6.73. The van der Waals surface area contributed by atoms with Gasteiger partial charge in [-0.3, -0.25) is 4.79 Å². The fraction of sp³-hybridized carbons (Fsp3) is 0.462. The number of hydrogen-bond acceptors (Lipinski definition) is 2. The summed E-state index contributed by atoms with van der Waals surface area (Å²) in [4.78, 5) is 12.0. The summed E-state index contributed by atoms with van der Waals surface area (Å²) in [5.74, 6) is 0.327. The second-order valence-corrected chi connectivity index (χ2v) is 4.32. The minimum Gasteiger partial charge on any atom is -0.322 e. The maximum absolute atomic E-state index is 12.0. The molecular formula is C13H19NO. The molecule has 0 aromatic heterocycles. The molecule has 0 bridgehead atoms. The Balaban J connectivity index is 2.99. The summed E-state index contributed by atoms with van der Waals surface area (Å²) in [6, 6.07) is 9.46. The molecule has 0 saturated heterocycles. The van der Waals surface area contributed by atoms with Crippen LogP contribution in [0.4, 0.5) is 0 Å². The zero-order valence-corrected chi connectivity index (χ0v) is 9.60. The van der Waals surface area contributed by atoms with E-state index in [-0.39, 0.29) is 17.6 Å². The molecule has 0 aliphatic rings. The number of nitrogens with two attached hydrogens (primary N) is 1. The van der Waals surface area contributed by atoms with Crippen molar-refractivity contribution >= 4 is 5.78 Å². The molecule has 2 nitrogen and oxygen atoms in total. The Morgan fingerprint density at radius 3 is 2.07 bits per heavy atom. The van der Waals surface area contributed by atoms with Gasteiger partial charge in [-0.05, 0) is 18.4 Å². The van der Waals surface area contributed by atoms with E-state index in [4.69, 9.17) is 5.73 Å². The van der Waals surface area contributed by atoms with Crippen molar-refractivity contribution in [1.82, 2.24) is 0 Å². The Labute approximate surface area is 91.5 Å². The molecule has 2 unspecified atom stereocenters. The summed E-state index contributed by atoms with van der Waals surface area (Å²) in [5, 5.41) is 0. The molecule has 2 atom stereocenters. The summed E-state index contributed by atoms with van der Waals surface area (Å²) < 4.78 is 0. The van der Waals surface area contributed by atoms with E-state index in [1.54, 1.807) is 6.92 Å². The molecule has 0 amide bonds. The summed E-state index contributed by atoms with van der Waals surface area (Å²) in [6.07, 6.45) is 0. The average Bonchev–Trinajstić information content (AvgIpc) is 2.18. The molecule has 1 aromatic carbocycles. The lowest BCUT2D eigenvalue weighted by atomic mass is 9.83. The number of benzene rings is 1. The van der Waals surface area contributed by atoms with Crippen molar-refractivity contribution in [1.29, 1.82) is 0 Å². The first-order valence-electron chi connectivity index (χ1n) is 5.38. The predicted molar refractivity (Wildman–Crippen MR) is 62.7 cm³/mol. The number of carbonyl (C=O) groups excluding carboxylic acids is 1. The number of hydrogen-bond donors (Lipinski definition) is 1. The number of ketones is 1. The van der Waals surface area contributed by atoms with Crippen LogP contribution in [0.3, 0.4) is 0 Å². The highest BCUT2D eigenvalue weighted by Crippen LogP contribution is 2.25. The lowest BCUT2D eigenvalue weighted by molar-refractivity contribution is -0.122. The lowest BCUT2D eigenvalue weighted by Gasteiger charge is -2.21. The number of Topliss-reactive ketones (excluding diaryl/α,β-unsaturated/α-hetero) is 1. The molecular weight excluding hydrogens is 186 g/mol. The molecule has 0 saturated carbocycles. The minimum atomic E-state index is -0.391. The van der Waals surface area contributed by atoms with E-state index in [1.165, 1.54) is 0 Å². The normalized spacial score (nSPS) is 15.0. The maximum atomic E-state index is 12.0. The second kappa shape index (κ2) is 5.08. The summed E-state index contributed by atoms with van der Waals surface area (Å²) in [7, 11) is 0. The molecule has 0 radical (unpaired) electrons. The summed E-state index contributed by atoms with van der Waals surface area (Å²) in [6.45, 7) is 5.86. The van der Waals surface area contributed by atoms with Gasteiger partial charge in [-0.2, -0.15) is 0 Å². The largest absolute Gasteiger partial charge is 0.322 e. The van der Waals surface area contributed by atoms with E-state index < -0.39 is 6.04 Å². The summed E-state index contributed by atoms with van der Waals surface area (Å²) >= 11 is 0. The topological polar surface area (TPSA) is 43.1 Å². The Hall–Kier alpha value is -1.15. The quantitative estimate of drug-likeness (QED) is 0.820. The van der Waals surface area contributed by atoms with Gasteiger partial charge in [0.25, 0.3) is 0 Å². The van der Waals surface area contributed by atoms with Crippen LogP contribution < -0.4 is 5.73 Å². The van der Waals surface area contributed by atoms with Gasteiger partial charge in [0, 0.05) is 5.92 Å². The molecule has 15 heavy (non-hydrogen) atoms. The van der Waals surface area contributed by atoms with Crippen LogP contribution in [0.25, 0.3) is 0 Å². The molecule has 1 aromatic rings. The third kappa shape index (κ3) is 2.90. The van der Waals surface area contributed by atoms with Gasteiger partial charge in [0.1, 0.15) is 0 Å². The van der Waals surface area contributed by atoms with Crippen molar-refractivity contribution in [2.75, 3.05) is 0 Å². The average molecular weight is 205 g/mol. The molecule has 0 fully saturated rings. The molecule has 0 heterocycles. The molecule has 0 aliphatic carbocycles. The van der Waals surface area contributed by atoms with Crippen molar-refractivity contribution < 1.29 is 4.79 Å². The Morgan fingerprint density at radius 1 is 1.13 bits per heavy atom. The van der Waals surface area contributed by atoms with E-state index in [0.717, 1.165) is 5.56 Å². The highest BCUT2D eigenvalue weighted by Gasteiger charge is 2.25. The zero-order valence-electron chi connectivity index (χ0n) is 9.60. The predicted octanol–water partition coefficient (Wildman–Crippen LogP) is 2.34. The van der Waals surface area contributed by atoms with Gasteiger partial charge in [0.2, 0.25) is 0 Å². The van der Waals surface area contributed by atoms with E-state index >= 15 is 0 Å². The number of carbonyl (C=O) groups is 1. The van der Waals surface area contributed by atoms with Crippen molar-refractivity contribution in [2.45, 2.75) is 32.7 Å². The highest BCUT2D eigenvalue weighted by atomic mass is 16.1. The molecule has 2 heteroatoms. The fourth-order valence-corrected chi connectivity index (χ4v) is 1.82. The van der Waals surface area contributed by atoms with Crippen LogP contribution in [-0.2, 0) is 4.79 Å². The van der Waals surface area contributed by atoms with E-state index in [1.807, 2.05) is 30.3 Å². The van der Waals surface area contributed by atoms with Gasteiger partial charge >= 0.3 is 0 Å². The standard InChI is InChI=1S/C13H19NO/c1-9(2)12(13(15)10(3)14)11-7-5-4-6-8-11/h4-10,12H,14H2,1-3H3. The van der Waals surface area contributed by atoms with Crippen LogP contribution in [0.2, 0.25) is 0 Å². The van der Waals surface area contributed by atoms with Gasteiger partial charge in [-0.1, -0.05) is 44.2 Å². The SMILES string of the molecule is CC(N)C(=O)C(c1ccccc1)C(C)C. The third-order valence-corrected chi connectivity index (χ3v) is 2.58. The van der Waals surface area contributed by atoms with Crippen molar-refractivity contribution in [2.24, 2.45) is 11.7 Å². The molecule has 2 N–H and O–H groups in total. The van der Waals surface area contributed by atoms with Crippen LogP contribution in [0.5, 0.6) is 0 Å². The first kappa shape index (κ1) is 11.9. The molecule has 0 aliphatic heterocycles. The monoisotopic (exact) mass is 205 g/mol. The van der Waals surface area contributed by atoms with E-state index in [0.29, 0.717) is 0 Å². The Morgan fingerprint density at radius 2 is 1.67 bits per heavy atom. The van der Waals surface area contributed by atoms with Crippen LogP contribution in [0, 0.1) is 5.92 Å². The van der Waals surface area contributed by atoms with Crippen LogP contribution in [-0.4, -0.2) is 11.8 Å². The first-order valence-corrected chi connectivity index (χ1v) is 5.38. The van der Waals surface area contributed by atoms with Crippen molar-refractivity contribution in [3.63, 3.8) is 0 Å². The maximum Gasteiger partial charge on any atom is 0.156 e. The van der Waals surface area contributed by atoms with E-state index in [2.05, 4.69) is 13.8 Å². The smallest absolute Gasteiger partial charge is 0.156 e. The molecule has 0 spiro atoms. The second-order valence-electron chi connectivity index (χ2n) is 4.32. The van der Waals surface area contributed by atoms with Crippen molar-refractivity contribution in [3.8, 4) is 0 Å². The molecule has 1 rings (SSSR count). The van der Waals surface area contributed by atoms with E-state index in [9.17, 15) is 4.79 Å². The zero-order chi connectivity index (χ0) is 11.4. The highest BCUT2D eigenvalue weighted by molar-refractivity contribution is 5.90. The van der Waals surface area contributed by atoms with Crippen LogP contribution in [0.15, 0.2) is 30.3 Å². The fourth-order valence-electron chi connectivity index (χ4n) is 1.82. The van der Waals surface area contributed by atoms with Crippen molar-refractivity contribution in [3.05, 3.63) is 35.9 Å². The van der Waals surface area contributed by atoms with Gasteiger partial charge < -0.3 is 5.73 Å². The minimum absolute atomic E-state index is 0.0776. The number of rotatable bonds is 4. The Kier molecular flexibility index (Phi) is 4.04. The van der Waals surface area contributed by atoms with Crippen LogP contribution >= 0.6 is 0 Å². The third-order valence-electron chi connectivity index (χ3n) is 2.58. The van der Waals surface area contributed by atoms with Crippen LogP contribution in [0.1, 0.15) is 32.3 Å². The first-order chi connectivity index (χ1) is 7.04. The molecule has 82 valence electrons.